The number of aliphatic imine (C=N–C) groups is 1. The molecule has 0 aliphatic carbocycles. The summed E-state index contributed by atoms with van der Waals surface area (Å²) in [6.45, 7) is 3.12. The molecule has 7 heterocycles. The van der Waals surface area contributed by atoms with Crippen molar-refractivity contribution in [3.63, 3.8) is 0 Å². The van der Waals surface area contributed by atoms with E-state index in [4.69, 9.17) is 15.0 Å². The number of aromatic nitrogens is 5. The van der Waals surface area contributed by atoms with Crippen molar-refractivity contribution in [3.05, 3.63) is 60.1 Å². The van der Waals surface area contributed by atoms with E-state index in [0.29, 0.717) is 25.6 Å². The fourth-order valence-corrected chi connectivity index (χ4v) is 5.95. The number of H-pyrrole nitrogens is 1. The number of nitrogens with one attached hydrogen (secondary N) is 1. The molecule has 0 saturated carbocycles. The van der Waals surface area contributed by atoms with Crippen LogP contribution in [0.1, 0.15) is 42.6 Å². The number of aromatic amines is 1. The molecule has 11 heteroatoms. The van der Waals surface area contributed by atoms with E-state index in [9.17, 15) is 8.78 Å². The molecule has 206 valence electrons. The summed E-state index contributed by atoms with van der Waals surface area (Å²) in [4.78, 5) is 33.2. The van der Waals surface area contributed by atoms with Gasteiger partial charge >= 0.3 is 0 Å². The van der Waals surface area contributed by atoms with Gasteiger partial charge in [-0.15, -0.1) is 0 Å². The van der Waals surface area contributed by atoms with Crippen LogP contribution in [0.5, 0.6) is 0 Å². The molecule has 0 aromatic carbocycles. The Morgan fingerprint density at radius 2 is 1.80 bits per heavy atom. The summed E-state index contributed by atoms with van der Waals surface area (Å²) in [6.07, 6.45) is 12.6. The number of nitrogens with zero attached hydrogens (tertiary/aromatic N) is 8. The second kappa shape index (κ2) is 9.88. The minimum absolute atomic E-state index is 0.0977. The first-order chi connectivity index (χ1) is 19.4. The summed E-state index contributed by atoms with van der Waals surface area (Å²) in [6, 6.07) is 4.00. The van der Waals surface area contributed by atoms with Crippen LogP contribution < -0.4 is 9.80 Å². The van der Waals surface area contributed by atoms with Gasteiger partial charge in [0, 0.05) is 63.2 Å². The van der Waals surface area contributed by atoms with E-state index in [0.717, 1.165) is 63.6 Å². The molecule has 3 aliphatic heterocycles. The Hall–Kier alpha value is -3.99. The van der Waals surface area contributed by atoms with Crippen LogP contribution in [-0.2, 0) is 6.54 Å². The zero-order chi connectivity index (χ0) is 27.3. The number of halogens is 2. The maximum atomic E-state index is 13.7. The Bertz CT molecular complexity index is 1590. The van der Waals surface area contributed by atoms with Gasteiger partial charge in [0.15, 0.2) is 5.82 Å². The van der Waals surface area contributed by atoms with Gasteiger partial charge < -0.3 is 14.8 Å². The molecule has 40 heavy (non-hydrogen) atoms. The van der Waals surface area contributed by atoms with Crippen molar-refractivity contribution in [2.24, 2.45) is 4.99 Å². The van der Waals surface area contributed by atoms with Crippen LogP contribution in [0.3, 0.4) is 0 Å². The SMILES string of the molecule is CN1CN=C(c2nc3c(N4CCCCC4)cncc3[nH]2)c2cc(-c3cncc(CN4CCC(F)(F)C4)c3)ncc21. The summed E-state index contributed by atoms with van der Waals surface area (Å²) < 4.78 is 27.4. The quantitative estimate of drug-likeness (QED) is 0.397. The average Bonchev–Trinajstić information content (AvgIpc) is 3.56. The molecule has 0 spiro atoms. The number of pyridine rings is 3. The fraction of sp³-hybridized carbons (Fsp3) is 0.414. The third-order valence-corrected chi connectivity index (χ3v) is 8.03. The number of imidazole rings is 1. The van der Waals surface area contributed by atoms with Crippen LogP contribution >= 0.6 is 0 Å². The van der Waals surface area contributed by atoms with Crippen molar-refractivity contribution in [3.8, 4) is 11.3 Å². The number of hydrogen-bond donors (Lipinski definition) is 1. The van der Waals surface area contributed by atoms with Crippen LogP contribution in [0.15, 0.2) is 48.1 Å². The summed E-state index contributed by atoms with van der Waals surface area (Å²) in [5.74, 6) is -1.91. The summed E-state index contributed by atoms with van der Waals surface area (Å²) in [5.41, 5.74) is 7.99. The van der Waals surface area contributed by atoms with E-state index in [1.165, 1.54) is 19.3 Å². The molecule has 0 radical (unpaired) electrons. The van der Waals surface area contributed by atoms with Gasteiger partial charge in [0.05, 0.1) is 47.7 Å². The van der Waals surface area contributed by atoms with Crippen LogP contribution in [0.4, 0.5) is 20.2 Å². The van der Waals surface area contributed by atoms with Crippen molar-refractivity contribution in [1.82, 2.24) is 29.8 Å². The van der Waals surface area contributed by atoms with E-state index in [1.807, 2.05) is 37.8 Å². The highest BCUT2D eigenvalue weighted by Gasteiger charge is 2.38. The van der Waals surface area contributed by atoms with E-state index in [2.05, 4.69) is 24.8 Å². The standard InChI is InChI=1S/C29H31F2N9/c1-38-18-35-26(28-36-23-13-33-14-25(27(23)37-28)40-6-3-2-4-7-40)21-10-22(34-15-24(21)38)20-9-19(11-32-12-20)16-39-8-5-29(30,31)17-39/h9-15H,2-8,16-18H2,1H3,(H,36,37). The predicted molar refractivity (Wildman–Crippen MR) is 151 cm³/mol. The number of piperidine rings is 1. The van der Waals surface area contributed by atoms with Crippen LogP contribution in [0.25, 0.3) is 22.3 Å². The molecular formula is C29H31F2N9. The first kappa shape index (κ1) is 25.0. The zero-order valence-electron chi connectivity index (χ0n) is 22.4. The Morgan fingerprint density at radius 1 is 0.950 bits per heavy atom. The van der Waals surface area contributed by atoms with Gasteiger partial charge in [-0.2, -0.15) is 0 Å². The van der Waals surface area contributed by atoms with E-state index < -0.39 is 5.92 Å². The summed E-state index contributed by atoms with van der Waals surface area (Å²) in [7, 11) is 1.99. The number of alkyl halides is 2. The monoisotopic (exact) mass is 543 g/mol. The minimum atomic E-state index is -2.62. The van der Waals surface area contributed by atoms with E-state index in [-0.39, 0.29) is 13.0 Å². The highest BCUT2D eigenvalue weighted by atomic mass is 19.3. The zero-order valence-corrected chi connectivity index (χ0v) is 22.4. The molecule has 0 bridgehead atoms. The van der Waals surface area contributed by atoms with Crippen LogP contribution in [-0.4, -0.2) is 81.3 Å². The molecule has 4 aromatic rings. The molecule has 3 aliphatic rings. The summed E-state index contributed by atoms with van der Waals surface area (Å²) >= 11 is 0. The molecular weight excluding hydrogens is 512 g/mol. The number of anilines is 2. The molecule has 2 saturated heterocycles. The summed E-state index contributed by atoms with van der Waals surface area (Å²) in [5, 5.41) is 0. The van der Waals surface area contributed by atoms with Gasteiger partial charge in [-0.05, 0) is 37.0 Å². The molecule has 7 rings (SSSR count). The molecule has 0 amide bonds. The molecule has 1 N–H and O–H groups in total. The van der Waals surface area contributed by atoms with E-state index in [1.54, 1.807) is 17.3 Å². The Kier molecular flexibility index (Phi) is 6.18. The van der Waals surface area contributed by atoms with Crippen molar-refractivity contribution >= 4 is 28.1 Å². The van der Waals surface area contributed by atoms with Gasteiger partial charge in [0.1, 0.15) is 17.9 Å². The molecule has 9 nitrogen and oxygen atoms in total. The largest absolute Gasteiger partial charge is 0.368 e. The lowest BCUT2D eigenvalue weighted by atomic mass is 10.0. The normalized spacial score (nSPS) is 19.2. The van der Waals surface area contributed by atoms with Gasteiger partial charge in [-0.1, -0.05) is 0 Å². The lowest BCUT2D eigenvalue weighted by Crippen LogP contribution is -2.29. The Balaban J connectivity index is 1.22. The van der Waals surface area contributed by atoms with Gasteiger partial charge in [-0.25, -0.2) is 13.8 Å². The molecule has 2 fully saturated rings. The van der Waals surface area contributed by atoms with Crippen LogP contribution in [0.2, 0.25) is 0 Å². The highest BCUT2D eigenvalue weighted by Crippen LogP contribution is 2.33. The predicted octanol–water partition coefficient (Wildman–Crippen LogP) is 4.49. The molecule has 0 atom stereocenters. The number of rotatable bonds is 5. The van der Waals surface area contributed by atoms with Crippen molar-refractivity contribution < 1.29 is 8.78 Å². The number of hydrogen-bond acceptors (Lipinski definition) is 8. The Labute approximate surface area is 231 Å². The lowest BCUT2D eigenvalue weighted by Gasteiger charge is -2.28. The van der Waals surface area contributed by atoms with E-state index >= 15 is 0 Å². The topological polar surface area (TPSA) is 89.4 Å². The third-order valence-electron chi connectivity index (χ3n) is 8.03. The van der Waals surface area contributed by atoms with Crippen LogP contribution in [0, 0.1) is 0 Å². The second-order valence-electron chi connectivity index (χ2n) is 11.0. The lowest BCUT2D eigenvalue weighted by molar-refractivity contribution is 0.0115. The van der Waals surface area contributed by atoms with Gasteiger partial charge in [0.25, 0.3) is 5.92 Å². The van der Waals surface area contributed by atoms with Gasteiger partial charge in [-0.3, -0.25) is 24.8 Å². The third kappa shape index (κ3) is 4.68. The maximum Gasteiger partial charge on any atom is 0.261 e. The minimum Gasteiger partial charge on any atom is -0.368 e. The van der Waals surface area contributed by atoms with Crippen molar-refractivity contribution in [1.29, 1.82) is 0 Å². The highest BCUT2D eigenvalue weighted by molar-refractivity contribution is 6.16. The maximum absolute atomic E-state index is 13.7. The fourth-order valence-electron chi connectivity index (χ4n) is 5.95. The first-order valence-corrected chi connectivity index (χ1v) is 13.8. The van der Waals surface area contributed by atoms with Crippen molar-refractivity contribution in [2.75, 3.05) is 49.7 Å². The smallest absolute Gasteiger partial charge is 0.261 e. The number of likely N-dealkylation sites (tertiary alicyclic amines) is 1. The molecule has 0 unspecified atom stereocenters. The van der Waals surface area contributed by atoms with Gasteiger partial charge in [0.2, 0.25) is 0 Å². The molecule has 4 aromatic heterocycles. The number of fused-ring (bicyclic) bond motifs is 2. The Morgan fingerprint density at radius 3 is 2.62 bits per heavy atom. The average molecular weight is 544 g/mol. The van der Waals surface area contributed by atoms with Crippen molar-refractivity contribution in [2.45, 2.75) is 38.2 Å². The second-order valence-corrected chi connectivity index (χ2v) is 11.0. The first-order valence-electron chi connectivity index (χ1n) is 13.8.